The molecule has 34 heavy (non-hydrogen) atoms. The molecule has 4 rings (SSSR count). The fourth-order valence-electron chi connectivity index (χ4n) is 6.22. The van der Waals surface area contributed by atoms with Gasteiger partial charge in [-0.2, -0.15) is 0 Å². The van der Waals surface area contributed by atoms with Crippen LogP contribution in [0.3, 0.4) is 0 Å². The molecule has 0 saturated carbocycles. The zero-order chi connectivity index (χ0) is 25.6. The maximum absolute atomic E-state index is 2.44. The van der Waals surface area contributed by atoms with Crippen LogP contribution in [-0.2, 0) is 34.3 Å². The van der Waals surface area contributed by atoms with Crippen molar-refractivity contribution in [3.8, 4) is 0 Å². The Kier molecular flexibility index (Phi) is 8.38. The third kappa shape index (κ3) is 5.02. The van der Waals surface area contributed by atoms with E-state index in [4.69, 9.17) is 0 Å². The zero-order valence-electron chi connectivity index (χ0n) is 24.1. The number of hydrogen-bond acceptors (Lipinski definition) is 0. The van der Waals surface area contributed by atoms with Crippen LogP contribution in [0.15, 0.2) is 85.6 Å². The van der Waals surface area contributed by atoms with Crippen molar-refractivity contribution < 1.29 is 34.3 Å². The fourth-order valence-corrected chi connectivity index (χ4v) is 16.2. The Balaban J connectivity index is 0.000000212. The second kappa shape index (κ2) is 10.3. The Morgan fingerprint density at radius 1 is 0.529 bits per heavy atom. The molecule has 0 unspecified atom stereocenters. The Morgan fingerprint density at radius 3 is 1.12 bits per heavy atom. The molecule has 2 heteroatoms. The first-order valence-electron chi connectivity index (χ1n) is 13.2. The monoisotopic (exact) mass is 556 g/mol. The molecule has 0 aromatic carbocycles. The summed E-state index contributed by atoms with van der Waals surface area (Å²) in [6, 6.07) is 0. The van der Waals surface area contributed by atoms with Gasteiger partial charge in [-0.15, -0.1) is 0 Å². The van der Waals surface area contributed by atoms with Gasteiger partial charge in [-0.3, -0.25) is 0 Å². The minimum absolute atomic E-state index is 0.294. The van der Waals surface area contributed by atoms with E-state index in [1.807, 2.05) is 8.33 Å². The van der Waals surface area contributed by atoms with Crippen LogP contribution in [0.5, 0.6) is 0 Å². The molecule has 0 N–H and O–H groups in total. The average Bonchev–Trinajstić information content (AvgIpc) is 3.44. The molecular formula is C32H44Zn2. The van der Waals surface area contributed by atoms with E-state index in [-0.39, 0.29) is 0 Å². The SMILES string of the molecule is CC1=C(C)C(C)(C)[C]([Zn][C]2=C(C)C(C)=C(C)C2(C)C)=C1C.CC1=[C]([Zn][C]2=C(C)C=CC2)CC=C1. The molecule has 176 valence electrons. The number of allylic oxidation sites excluding steroid dienone is 16. The van der Waals surface area contributed by atoms with Gasteiger partial charge in [0, 0.05) is 0 Å². The molecule has 0 bridgehead atoms. The van der Waals surface area contributed by atoms with E-state index in [1.54, 1.807) is 52.9 Å². The molecule has 0 aliphatic heterocycles. The van der Waals surface area contributed by atoms with E-state index in [0.29, 0.717) is 10.8 Å². The second-order valence-corrected chi connectivity index (χ2v) is 20.1. The third-order valence-electron chi connectivity index (χ3n) is 9.90. The van der Waals surface area contributed by atoms with Crippen LogP contribution in [0, 0.1) is 10.8 Å². The first-order valence-corrected chi connectivity index (χ1v) is 19.1. The molecular weight excluding hydrogens is 515 g/mol. The van der Waals surface area contributed by atoms with Crippen molar-refractivity contribution in [2.24, 2.45) is 10.8 Å². The van der Waals surface area contributed by atoms with E-state index in [2.05, 4.69) is 107 Å². The predicted molar refractivity (Wildman–Crippen MR) is 143 cm³/mol. The van der Waals surface area contributed by atoms with Gasteiger partial charge < -0.3 is 0 Å². The van der Waals surface area contributed by atoms with Crippen LogP contribution in [0.25, 0.3) is 0 Å². The van der Waals surface area contributed by atoms with Gasteiger partial charge >= 0.3 is 227 Å². The topological polar surface area (TPSA) is 0 Å². The molecule has 0 radical (unpaired) electrons. The van der Waals surface area contributed by atoms with E-state index in [9.17, 15) is 0 Å². The molecule has 0 aromatic rings. The van der Waals surface area contributed by atoms with Gasteiger partial charge in [0.25, 0.3) is 0 Å². The normalized spacial score (nSPS) is 22.9. The third-order valence-corrected chi connectivity index (χ3v) is 22.7. The molecule has 0 aromatic heterocycles. The van der Waals surface area contributed by atoms with Crippen LogP contribution in [0.4, 0.5) is 0 Å². The van der Waals surface area contributed by atoms with Gasteiger partial charge in [-0.1, -0.05) is 0 Å². The van der Waals surface area contributed by atoms with Crippen molar-refractivity contribution in [1.82, 2.24) is 0 Å². The van der Waals surface area contributed by atoms with Gasteiger partial charge in [0.15, 0.2) is 0 Å². The number of rotatable bonds is 4. The predicted octanol–water partition coefficient (Wildman–Crippen LogP) is 9.91. The van der Waals surface area contributed by atoms with Crippen molar-refractivity contribution in [3.63, 3.8) is 0 Å². The van der Waals surface area contributed by atoms with Crippen molar-refractivity contribution in [2.45, 2.75) is 95.9 Å². The van der Waals surface area contributed by atoms with E-state index >= 15 is 0 Å². The van der Waals surface area contributed by atoms with Crippen molar-refractivity contribution in [2.75, 3.05) is 0 Å². The first kappa shape index (κ1) is 27.7. The van der Waals surface area contributed by atoms with Crippen molar-refractivity contribution >= 4 is 0 Å². The molecule has 0 heterocycles. The zero-order valence-corrected chi connectivity index (χ0v) is 30.1. The summed E-state index contributed by atoms with van der Waals surface area (Å²) in [4.78, 5) is 0. The van der Waals surface area contributed by atoms with Gasteiger partial charge in [0.05, 0.1) is 0 Å². The van der Waals surface area contributed by atoms with Crippen LogP contribution in [0.1, 0.15) is 95.9 Å². The van der Waals surface area contributed by atoms with Gasteiger partial charge in [0.1, 0.15) is 0 Å². The summed E-state index contributed by atoms with van der Waals surface area (Å²) < 4.78 is 7.22. The standard InChI is InChI=1S/2C10H15.2C6H7.2Zn/c2*1-7-6-10(4,5)9(3)8(7)2;2*1-6-4-2-3-5-6;;/h2*1-5H3;2*2,4H,3H2,1H3;;. The summed E-state index contributed by atoms with van der Waals surface area (Å²) in [7, 11) is 0. The van der Waals surface area contributed by atoms with Gasteiger partial charge in [-0.25, -0.2) is 0 Å². The second-order valence-electron chi connectivity index (χ2n) is 12.1. The maximum atomic E-state index is 2.44. The molecule has 0 saturated heterocycles. The summed E-state index contributed by atoms with van der Waals surface area (Å²) in [5.41, 5.74) is 13.2. The molecule has 0 amide bonds. The molecule has 4 aliphatic rings. The first-order chi connectivity index (χ1) is 15.7. The Morgan fingerprint density at radius 2 is 0.882 bits per heavy atom. The summed E-state index contributed by atoms with van der Waals surface area (Å²) in [6.45, 7) is 28.3. The molecule has 0 nitrogen and oxygen atoms in total. The molecule has 0 atom stereocenters. The average molecular weight is 559 g/mol. The van der Waals surface area contributed by atoms with Crippen LogP contribution >= 0.6 is 0 Å². The summed E-state index contributed by atoms with van der Waals surface area (Å²) in [5.74, 6) is 0. The van der Waals surface area contributed by atoms with Gasteiger partial charge in [0.2, 0.25) is 0 Å². The van der Waals surface area contributed by atoms with E-state index < -0.39 is 34.3 Å². The minimum atomic E-state index is -0.921. The number of hydrogen-bond donors (Lipinski definition) is 0. The van der Waals surface area contributed by atoms with Crippen LogP contribution < -0.4 is 0 Å². The van der Waals surface area contributed by atoms with E-state index in [0.717, 1.165) is 0 Å². The summed E-state index contributed by atoms with van der Waals surface area (Å²) in [6.07, 6.45) is 11.7. The Hall–Kier alpha value is -0.833. The molecule has 0 spiro atoms. The summed E-state index contributed by atoms with van der Waals surface area (Å²) >= 11 is -1.47. The van der Waals surface area contributed by atoms with Crippen LogP contribution in [-0.4, -0.2) is 0 Å². The van der Waals surface area contributed by atoms with Crippen molar-refractivity contribution in [3.05, 3.63) is 85.6 Å². The van der Waals surface area contributed by atoms with Gasteiger partial charge in [-0.05, 0) is 0 Å². The Labute approximate surface area is 225 Å². The van der Waals surface area contributed by atoms with Crippen molar-refractivity contribution in [1.29, 1.82) is 0 Å². The quantitative estimate of drug-likeness (QED) is 0.301. The van der Waals surface area contributed by atoms with Crippen LogP contribution in [0.2, 0.25) is 0 Å². The summed E-state index contributed by atoms with van der Waals surface area (Å²) in [5, 5.41) is 0. The fraction of sp³-hybridized carbons (Fsp3) is 0.500. The van der Waals surface area contributed by atoms with E-state index in [1.165, 1.54) is 12.8 Å². The Bertz CT molecular complexity index is 1060. The molecule has 4 aliphatic carbocycles. The molecule has 0 fully saturated rings.